The molecule has 2 aromatic carbocycles. The van der Waals surface area contributed by atoms with Gasteiger partial charge in [-0.15, -0.1) is 0 Å². The Morgan fingerprint density at radius 2 is 1.88 bits per heavy atom. The lowest BCUT2D eigenvalue weighted by Gasteiger charge is -2.40. The fourth-order valence-electron chi connectivity index (χ4n) is 2.90. The number of rotatable bonds is 2. The van der Waals surface area contributed by atoms with E-state index in [4.69, 9.17) is 4.74 Å². The smallest absolute Gasteiger partial charge is 0.419 e. The molecule has 1 amide bonds. The van der Waals surface area contributed by atoms with Gasteiger partial charge in [0, 0.05) is 21.8 Å². The van der Waals surface area contributed by atoms with Gasteiger partial charge in [0.2, 0.25) is 0 Å². The molecule has 0 saturated carbocycles. The van der Waals surface area contributed by atoms with E-state index >= 15 is 0 Å². The Kier molecular flexibility index (Phi) is 4.24. The molecule has 1 heterocycles. The second-order valence-corrected chi connectivity index (χ2v) is 5.98. The summed E-state index contributed by atoms with van der Waals surface area (Å²) in [4.78, 5) is 13.8. The van der Waals surface area contributed by atoms with E-state index < -0.39 is 11.6 Å². The van der Waals surface area contributed by atoms with Crippen molar-refractivity contribution in [2.45, 2.75) is 5.54 Å². The van der Waals surface area contributed by atoms with Gasteiger partial charge in [-0.3, -0.25) is 4.90 Å². The number of amides is 1. The number of hydrogen-bond donors (Lipinski definition) is 0. The van der Waals surface area contributed by atoms with E-state index in [2.05, 4.69) is 28.6 Å². The van der Waals surface area contributed by atoms with Crippen molar-refractivity contribution in [2.75, 3.05) is 0 Å². The molecule has 1 atom stereocenters. The molecule has 0 unspecified atom stereocenters. The molecule has 24 heavy (non-hydrogen) atoms. The van der Waals surface area contributed by atoms with Crippen molar-refractivity contribution in [2.24, 2.45) is 0 Å². The van der Waals surface area contributed by atoms with Crippen molar-refractivity contribution in [3.05, 3.63) is 88.7 Å². The van der Waals surface area contributed by atoms with Crippen LogP contribution in [0.5, 0.6) is 0 Å². The molecule has 118 valence electrons. The van der Waals surface area contributed by atoms with Crippen molar-refractivity contribution >= 4 is 28.1 Å². The van der Waals surface area contributed by atoms with Gasteiger partial charge < -0.3 is 4.74 Å². The number of benzene rings is 2. The zero-order valence-electron chi connectivity index (χ0n) is 12.6. The number of ether oxygens (including phenoxy) is 1. The highest BCUT2D eigenvalue weighted by Gasteiger charge is 2.47. The van der Waals surface area contributed by atoms with Crippen molar-refractivity contribution in [3.63, 3.8) is 0 Å². The van der Waals surface area contributed by atoms with Crippen LogP contribution < -0.4 is 0 Å². The molecule has 5 heteroatoms. The Hall–Kier alpha value is -2.84. The average molecular weight is 381 g/mol. The lowest BCUT2D eigenvalue weighted by molar-refractivity contribution is 0.132. The molecule has 0 radical (unpaired) electrons. The summed E-state index contributed by atoms with van der Waals surface area (Å²) >= 11 is 3.50. The van der Waals surface area contributed by atoms with E-state index in [1.807, 2.05) is 48.5 Å². The van der Waals surface area contributed by atoms with Gasteiger partial charge in [-0.2, -0.15) is 5.26 Å². The van der Waals surface area contributed by atoms with E-state index in [9.17, 15) is 10.1 Å². The normalized spacial score (nSPS) is 18.4. The van der Waals surface area contributed by atoms with Crippen LogP contribution in [0.25, 0.3) is 6.08 Å². The molecule has 0 N–H and O–H groups in total. The van der Waals surface area contributed by atoms with Gasteiger partial charge >= 0.3 is 6.09 Å². The Balaban J connectivity index is 2.34. The Morgan fingerprint density at radius 1 is 1.21 bits per heavy atom. The molecule has 0 spiro atoms. The van der Waals surface area contributed by atoms with E-state index in [0.717, 1.165) is 16.3 Å². The second-order valence-electron chi connectivity index (χ2n) is 5.13. The minimum absolute atomic E-state index is 0.658. The average Bonchev–Trinajstić information content (AvgIpc) is 2.61. The first-order valence-electron chi connectivity index (χ1n) is 7.20. The molecular formula is C19H13BrN2O2. The summed E-state index contributed by atoms with van der Waals surface area (Å²) in [5, 5.41) is 10.2. The summed E-state index contributed by atoms with van der Waals surface area (Å²) < 4.78 is 5.68. The summed E-state index contributed by atoms with van der Waals surface area (Å²) in [7, 11) is 0. The fraction of sp³-hybridized carbons (Fsp3) is 0.0526. The van der Waals surface area contributed by atoms with Gasteiger partial charge in [-0.25, -0.2) is 4.79 Å². The van der Waals surface area contributed by atoms with Crippen LogP contribution >= 0.6 is 15.9 Å². The molecule has 1 aliphatic rings. The van der Waals surface area contributed by atoms with Gasteiger partial charge in [0.15, 0.2) is 5.54 Å². The van der Waals surface area contributed by atoms with Crippen LogP contribution in [0.2, 0.25) is 0 Å². The SMILES string of the molecule is C=COC(=O)N1C=Cc2ccccc2[C@@]1(C#N)c1ccccc1Br. The zero-order chi connectivity index (χ0) is 17.2. The van der Waals surface area contributed by atoms with Crippen molar-refractivity contribution in [1.82, 2.24) is 4.90 Å². The maximum absolute atomic E-state index is 12.5. The molecular weight excluding hydrogens is 368 g/mol. The predicted molar refractivity (Wildman–Crippen MR) is 94.5 cm³/mol. The van der Waals surface area contributed by atoms with Crippen molar-refractivity contribution in [3.8, 4) is 6.07 Å². The van der Waals surface area contributed by atoms with E-state index in [1.54, 1.807) is 12.3 Å². The Bertz CT molecular complexity index is 885. The monoisotopic (exact) mass is 380 g/mol. The van der Waals surface area contributed by atoms with Crippen LogP contribution in [0, 0.1) is 11.3 Å². The van der Waals surface area contributed by atoms with E-state index in [-0.39, 0.29) is 0 Å². The second kappa shape index (κ2) is 6.34. The number of nitriles is 1. The zero-order valence-corrected chi connectivity index (χ0v) is 14.2. The molecule has 0 fully saturated rings. The van der Waals surface area contributed by atoms with Crippen molar-refractivity contribution < 1.29 is 9.53 Å². The number of nitrogens with zero attached hydrogens (tertiary/aromatic N) is 2. The quantitative estimate of drug-likeness (QED) is 0.704. The molecule has 0 bridgehead atoms. The van der Waals surface area contributed by atoms with Crippen LogP contribution in [-0.4, -0.2) is 11.0 Å². The highest BCUT2D eigenvalue weighted by molar-refractivity contribution is 9.10. The third-order valence-electron chi connectivity index (χ3n) is 3.92. The first-order chi connectivity index (χ1) is 11.6. The highest BCUT2D eigenvalue weighted by Crippen LogP contribution is 2.44. The molecule has 1 aliphatic heterocycles. The highest BCUT2D eigenvalue weighted by atomic mass is 79.9. The molecule has 0 aromatic heterocycles. The molecule has 2 aromatic rings. The summed E-state index contributed by atoms with van der Waals surface area (Å²) in [6.07, 6.45) is 3.73. The third-order valence-corrected chi connectivity index (χ3v) is 4.61. The van der Waals surface area contributed by atoms with Crippen LogP contribution in [0.4, 0.5) is 4.79 Å². The Morgan fingerprint density at radius 3 is 2.54 bits per heavy atom. The predicted octanol–water partition coefficient (Wildman–Crippen LogP) is 4.78. The summed E-state index contributed by atoms with van der Waals surface area (Å²) in [6, 6.07) is 17.2. The first kappa shape index (κ1) is 16.0. The maximum atomic E-state index is 12.5. The van der Waals surface area contributed by atoms with Crippen molar-refractivity contribution in [1.29, 1.82) is 5.26 Å². The fourth-order valence-corrected chi connectivity index (χ4v) is 3.47. The van der Waals surface area contributed by atoms with Crippen LogP contribution in [0.15, 0.2) is 72.0 Å². The van der Waals surface area contributed by atoms with Gasteiger partial charge in [-0.1, -0.05) is 65.0 Å². The summed E-state index contributed by atoms with van der Waals surface area (Å²) in [5.41, 5.74) is 0.900. The summed E-state index contributed by atoms with van der Waals surface area (Å²) in [6.45, 7) is 3.42. The molecule has 0 saturated heterocycles. The van der Waals surface area contributed by atoms with Crippen LogP contribution in [0.1, 0.15) is 16.7 Å². The summed E-state index contributed by atoms with van der Waals surface area (Å²) in [5.74, 6) is 0. The van der Waals surface area contributed by atoms with Crippen LogP contribution in [0.3, 0.4) is 0 Å². The van der Waals surface area contributed by atoms with Gasteiger partial charge in [-0.05, 0) is 17.7 Å². The lowest BCUT2D eigenvalue weighted by atomic mass is 9.78. The lowest BCUT2D eigenvalue weighted by Crippen LogP contribution is -2.48. The van der Waals surface area contributed by atoms with Gasteiger partial charge in [0.1, 0.15) is 6.07 Å². The minimum Gasteiger partial charge on any atom is -0.419 e. The molecule has 3 rings (SSSR count). The van der Waals surface area contributed by atoms with E-state index in [0.29, 0.717) is 11.1 Å². The minimum atomic E-state index is -1.34. The molecule has 4 nitrogen and oxygen atoms in total. The van der Waals surface area contributed by atoms with Gasteiger partial charge in [0.25, 0.3) is 0 Å². The topological polar surface area (TPSA) is 53.3 Å². The van der Waals surface area contributed by atoms with E-state index in [1.165, 1.54) is 4.90 Å². The number of carbonyl (C=O) groups excluding carboxylic acids is 1. The number of hydrogen-bond acceptors (Lipinski definition) is 3. The number of halogens is 1. The standard InChI is InChI=1S/C19H13BrN2O2/c1-2-24-18(23)22-12-11-14-7-3-4-8-15(14)19(22,13-21)16-9-5-6-10-17(16)20/h2-12H,1H2/t19-/m0/s1. The Labute approximate surface area is 148 Å². The number of carbonyl (C=O) groups is 1. The first-order valence-corrected chi connectivity index (χ1v) is 7.99. The number of fused-ring (bicyclic) bond motifs is 1. The van der Waals surface area contributed by atoms with Crippen LogP contribution in [-0.2, 0) is 10.3 Å². The van der Waals surface area contributed by atoms with Gasteiger partial charge in [0.05, 0.1) is 6.26 Å². The largest absolute Gasteiger partial charge is 0.420 e. The molecule has 0 aliphatic carbocycles. The third kappa shape index (κ3) is 2.32. The maximum Gasteiger partial charge on any atom is 0.420 e.